The summed E-state index contributed by atoms with van der Waals surface area (Å²) in [5.74, 6) is 6.02. The molecule has 100 valence electrons. The van der Waals surface area contributed by atoms with Gasteiger partial charge in [0, 0.05) is 12.5 Å². The lowest BCUT2D eigenvalue weighted by Gasteiger charge is -2.10. The number of methoxy groups -OCH3 is 1. The van der Waals surface area contributed by atoms with E-state index in [1.54, 1.807) is 6.92 Å². The van der Waals surface area contributed by atoms with E-state index in [2.05, 4.69) is 11.8 Å². The minimum absolute atomic E-state index is 0.0532. The van der Waals surface area contributed by atoms with Crippen LogP contribution in [-0.2, 0) is 0 Å². The molecular formula is C13H13NO5. The van der Waals surface area contributed by atoms with Gasteiger partial charge in [-0.25, -0.2) is 0 Å². The number of carbonyl (C=O) groups excluding carboxylic acids is 1. The van der Waals surface area contributed by atoms with Gasteiger partial charge < -0.3 is 9.47 Å². The van der Waals surface area contributed by atoms with Gasteiger partial charge in [-0.1, -0.05) is 0 Å². The maximum atomic E-state index is 10.8. The molecule has 0 heterocycles. The SMILES string of the molecule is CC#CCCOc1cc([N+](=O)[O-])c(C=O)cc1OC. The van der Waals surface area contributed by atoms with Crippen molar-refractivity contribution >= 4 is 12.0 Å². The molecule has 0 aliphatic carbocycles. The third-order valence-electron chi connectivity index (χ3n) is 2.30. The third-order valence-corrected chi connectivity index (χ3v) is 2.30. The summed E-state index contributed by atoms with van der Waals surface area (Å²) in [7, 11) is 1.40. The van der Waals surface area contributed by atoms with Crippen molar-refractivity contribution in [3.8, 4) is 23.3 Å². The molecule has 0 unspecified atom stereocenters. The van der Waals surface area contributed by atoms with Gasteiger partial charge in [-0.15, -0.1) is 11.8 Å². The number of nitrogens with zero attached hydrogens (tertiary/aromatic N) is 1. The Labute approximate surface area is 110 Å². The van der Waals surface area contributed by atoms with Crippen molar-refractivity contribution in [1.82, 2.24) is 0 Å². The van der Waals surface area contributed by atoms with E-state index in [-0.39, 0.29) is 29.4 Å². The summed E-state index contributed by atoms with van der Waals surface area (Å²) in [6.45, 7) is 2.00. The first-order chi connectivity index (χ1) is 9.13. The van der Waals surface area contributed by atoms with Crippen LogP contribution in [0.2, 0.25) is 0 Å². The van der Waals surface area contributed by atoms with E-state index in [0.717, 1.165) is 0 Å². The zero-order valence-corrected chi connectivity index (χ0v) is 10.6. The number of ether oxygens (including phenoxy) is 2. The van der Waals surface area contributed by atoms with E-state index in [4.69, 9.17) is 9.47 Å². The highest BCUT2D eigenvalue weighted by molar-refractivity contribution is 5.83. The van der Waals surface area contributed by atoms with E-state index in [0.29, 0.717) is 12.7 Å². The van der Waals surface area contributed by atoms with Crippen LogP contribution in [0.3, 0.4) is 0 Å². The number of rotatable bonds is 6. The van der Waals surface area contributed by atoms with Gasteiger partial charge >= 0.3 is 0 Å². The van der Waals surface area contributed by atoms with Crippen LogP contribution in [0.1, 0.15) is 23.7 Å². The predicted octanol–water partition coefficient (Wildman–Crippen LogP) is 2.21. The van der Waals surface area contributed by atoms with Crippen LogP contribution in [0.5, 0.6) is 11.5 Å². The van der Waals surface area contributed by atoms with Gasteiger partial charge in [-0.05, 0) is 6.92 Å². The summed E-state index contributed by atoms with van der Waals surface area (Å²) in [5, 5.41) is 10.8. The van der Waals surface area contributed by atoms with Crippen LogP contribution in [0.4, 0.5) is 5.69 Å². The summed E-state index contributed by atoms with van der Waals surface area (Å²) in [6.07, 6.45) is 0.913. The Balaban J connectivity index is 3.06. The Hall–Kier alpha value is -2.55. The highest BCUT2D eigenvalue weighted by Gasteiger charge is 2.19. The van der Waals surface area contributed by atoms with Crippen molar-refractivity contribution in [3.63, 3.8) is 0 Å². The van der Waals surface area contributed by atoms with Crippen LogP contribution in [0.15, 0.2) is 12.1 Å². The van der Waals surface area contributed by atoms with Gasteiger partial charge in [0.1, 0.15) is 0 Å². The molecule has 0 aromatic heterocycles. The van der Waals surface area contributed by atoms with Crippen molar-refractivity contribution in [2.45, 2.75) is 13.3 Å². The Morgan fingerprint density at radius 3 is 2.68 bits per heavy atom. The highest BCUT2D eigenvalue weighted by atomic mass is 16.6. The van der Waals surface area contributed by atoms with E-state index in [9.17, 15) is 14.9 Å². The number of carbonyl (C=O) groups is 1. The smallest absolute Gasteiger partial charge is 0.283 e. The summed E-state index contributed by atoms with van der Waals surface area (Å²) >= 11 is 0. The predicted molar refractivity (Wildman–Crippen MR) is 68.6 cm³/mol. The molecule has 0 spiro atoms. The maximum Gasteiger partial charge on any atom is 0.283 e. The second kappa shape index (κ2) is 7.01. The molecule has 1 aromatic rings. The number of benzene rings is 1. The summed E-state index contributed by atoms with van der Waals surface area (Å²) in [4.78, 5) is 21.0. The standard InChI is InChI=1S/C13H13NO5/c1-3-4-5-6-19-13-8-11(14(16)17)10(9-15)7-12(13)18-2/h7-9H,5-6H2,1-2H3. The lowest BCUT2D eigenvalue weighted by atomic mass is 10.1. The van der Waals surface area contributed by atoms with Gasteiger partial charge in [-0.2, -0.15) is 0 Å². The average Bonchev–Trinajstić information content (AvgIpc) is 2.42. The van der Waals surface area contributed by atoms with Crippen molar-refractivity contribution in [1.29, 1.82) is 0 Å². The minimum atomic E-state index is -0.637. The quantitative estimate of drug-likeness (QED) is 0.258. The number of hydrogen-bond acceptors (Lipinski definition) is 5. The summed E-state index contributed by atoms with van der Waals surface area (Å²) < 4.78 is 10.4. The van der Waals surface area contributed by atoms with Crippen LogP contribution in [0, 0.1) is 22.0 Å². The first kappa shape index (κ1) is 14.5. The zero-order chi connectivity index (χ0) is 14.3. The van der Waals surface area contributed by atoms with Crippen molar-refractivity contribution in [2.24, 2.45) is 0 Å². The first-order valence-corrected chi connectivity index (χ1v) is 5.48. The van der Waals surface area contributed by atoms with E-state index >= 15 is 0 Å². The fourth-order valence-corrected chi connectivity index (χ4v) is 1.43. The molecule has 0 saturated heterocycles. The van der Waals surface area contributed by atoms with Gasteiger partial charge in [0.05, 0.1) is 30.3 Å². The van der Waals surface area contributed by atoms with Crippen LogP contribution >= 0.6 is 0 Å². The molecule has 0 bridgehead atoms. The summed E-state index contributed by atoms with van der Waals surface area (Å²) in [5.41, 5.74) is -0.366. The molecule has 0 N–H and O–H groups in total. The largest absolute Gasteiger partial charge is 0.493 e. The first-order valence-electron chi connectivity index (χ1n) is 5.48. The van der Waals surface area contributed by atoms with E-state index in [1.165, 1.54) is 19.2 Å². The van der Waals surface area contributed by atoms with E-state index < -0.39 is 4.92 Å². The fourth-order valence-electron chi connectivity index (χ4n) is 1.43. The fraction of sp³-hybridized carbons (Fsp3) is 0.308. The molecule has 19 heavy (non-hydrogen) atoms. The van der Waals surface area contributed by atoms with Crippen molar-refractivity contribution < 1.29 is 19.2 Å². The zero-order valence-electron chi connectivity index (χ0n) is 10.6. The van der Waals surface area contributed by atoms with Crippen LogP contribution in [-0.4, -0.2) is 24.9 Å². The Morgan fingerprint density at radius 1 is 1.42 bits per heavy atom. The average molecular weight is 263 g/mol. The molecular weight excluding hydrogens is 250 g/mol. The van der Waals surface area contributed by atoms with Gasteiger partial charge in [-0.3, -0.25) is 14.9 Å². The molecule has 1 aromatic carbocycles. The van der Waals surface area contributed by atoms with Crippen LogP contribution in [0.25, 0.3) is 0 Å². The second-order valence-corrected chi connectivity index (χ2v) is 3.46. The molecule has 6 heteroatoms. The summed E-state index contributed by atoms with van der Waals surface area (Å²) in [6, 6.07) is 2.47. The molecule has 0 amide bonds. The maximum absolute atomic E-state index is 10.8. The Kier molecular flexibility index (Phi) is 5.35. The van der Waals surface area contributed by atoms with Crippen molar-refractivity contribution in [3.05, 3.63) is 27.8 Å². The van der Waals surface area contributed by atoms with Gasteiger partial charge in [0.2, 0.25) is 0 Å². The normalized spacial score (nSPS) is 9.16. The van der Waals surface area contributed by atoms with Gasteiger partial charge in [0.25, 0.3) is 5.69 Å². The number of aldehydes is 1. The van der Waals surface area contributed by atoms with Gasteiger partial charge in [0.15, 0.2) is 17.8 Å². The van der Waals surface area contributed by atoms with Crippen molar-refractivity contribution in [2.75, 3.05) is 13.7 Å². The number of hydrogen-bond donors (Lipinski definition) is 0. The lowest BCUT2D eigenvalue weighted by molar-refractivity contribution is -0.385. The third kappa shape index (κ3) is 3.71. The molecule has 0 aliphatic heterocycles. The Bertz CT molecular complexity index is 542. The molecule has 0 radical (unpaired) electrons. The number of nitro groups is 1. The monoisotopic (exact) mass is 263 g/mol. The molecule has 1 rings (SSSR count). The molecule has 0 fully saturated rings. The second-order valence-electron chi connectivity index (χ2n) is 3.46. The molecule has 6 nitrogen and oxygen atoms in total. The molecule has 0 atom stereocenters. The van der Waals surface area contributed by atoms with E-state index in [1.807, 2.05) is 0 Å². The lowest BCUT2D eigenvalue weighted by Crippen LogP contribution is -2.02. The molecule has 0 saturated carbocycles. The Morgan fingerprint density at radius 2 is 2.16 bits per heavy atom. The number of nitro benzene ring substituents is 1. The highest BCUT2D eigenvalue weighted by Crippen LogP contribution is 2.33. The molecule has 0 aliphatic rings. The van der Waals surface area contributed by atoms with Crippen LogP contribution < -0.4 is 9.47 Å². The topological polar surface area (TPSA) is 78.7 Å². The minimum Gasteiger partial charge on any atom is -0.493 e.